The summed E-state index contributed by atoms with van der Waals surface area (Å²) in [6.45, 7) is 3.47. The van der Waals surface area contributed by atoms with Gasteiger partial charge in [-0.3, -0.25) is 4.99 Å². The summed E-state index contributed by atoms with van der Waals surface area (Å²) in [5.74, 6) is 1.53. The molecule has 0 saturated carbocycles. The van der Waals surface area contributed by atoms with Crippen LogP contribution >= 0.6 is 22.9 Å². The second-order valence-electron chi connectivity index (χ2n) is 4.92. The van der Waals surface area contributed by atoms with Crippen LogP contribution in [0.2, 0.25) is 5.02 Å². The third-order valence-electron chi connectivity index (χ3n) is 3.43. The van der Waals surface area contributed by atoms with Gasteiger partial charge in [0.2, 0.25) is 0 Å². The zero-order valence-corrected chi connectivity index (χ0v) is 15.1. The number of methoxy groups -OCH3 is 1. The van der Waals surface area contributed by atoms with Gasteiger partial charge in [-0.05, 0) is 31.0 Å². The first-order valence-electron chi connectivity index (χ1n) is 7.30. The van der Waals surface area contributed by atoms with Crippen molar-refractivity contribution in [2.24, 2.45) is 4.99 Å². The smallest absolute Gasteiger partial charge is 0.191 e. The number of nitrogens with one attached hydrogen (secondary N) is 2. The highest BCUT2D eigenvalue weighted by molar-refractivity contribution is 7.09. The maximum Gasteiger partial charge on any atom is 0.191 e. The van der Waals surface area contributed by atoms with E-state index in [0.29, 0.717) is 0 Å². The van der Waals surface area contributed by atoms with Crippen molar-refractivity contribution >= 4 is 28.9 Å². The summed E-state index contributed by atoms with van der Waals surface area (Å²) in [5.41, 5.74) is 3.99. The van der Waals surface area contributed by atoms with E-state index in [1.54, 1.807) is 25.5 Å². The number of aliphatic imine (C=N–C) groups is 1. The Labute approximate surface area is 145 Å². The fraction of sp³-hybridized carbons (Fsp3) is 0.375. The highest BCUT2D eigenvalue weighted by atomic mass is 35.5. The van der Waals surface area contributed by atoms with Crippen LogP contribution in [-0.2, 0) is 13.0 Å². The molecule has 0 aliphatic heterocycles. The van der Waals surface area contributed by atoms with Gasteiger partial charge in [0.15, 0.2) is 5.96 Å². The predicted molar refractivity (Wildman–Crippen MR) is 96.8 cm³/mol. The number of benzene rings is 1. The number of hydrogen-bond donors (Lipinski definition) is 2. The summed E-state index contributed by atoms with van der Waals surface area (Å²) in [4.78, 5) is 9.68. The van der Waals surface area contributed by atoms with Crippen LogP contribution in [0.1, 0.15) is 16.1 Å². The molecule has 7 heteroatoms. The molecule has 124 valence electrons. The van der Waals surface area contributed by atoms with Gasteiger partial charge in [0.1, 0.15) is 5.75 Å². The molecule has 0 fully saturated rings. The van der Waals surface area contributed by atoms with Crippen molar-refractivity contribution in [2.45, 2.75) is 19.9 Å². The van der Waals surface area contributed by atoms with E-state index in [0.717, 1.165) is 47.5 Å². The van der Waals surface area contributed by atoms with Crippen molar-refractivity contribution in [2.75, 3.05) is 20.7 Å². The molecule has 1 aromatic heterocycles. The van der Waals surface area contributed by atoms with Gasteiger partial charge in [-0.2, -0.15) is 0 Å². The Kier molecular flexibility index (Phi) is 6.67. The lowest BCUT2D eigenvalue weighted by Crippen LogP contribution is -2.37. The number of aryl methyl sites for hydroxylation is 1. The van der Waals surface area contributed by atoms with E-state index in [4.69, 9.17) is 16.3 Å². The standard InChI is InChI=1S/C16H21ClN4OS/c1-11-15(23-10-21-11)9-20-16(18-2)19-7-6-12-4-5-13(22-3)8-14(12)17/h4-5,8,10H,6-7,9H2,1-3H3,(H2,18,19,20). The Balaban J connectivity index is 1.81. The minimum Gasteiger partial charge on any atom is -0.497 e. The van der Waals surface area contributed by atoms with Gasteiger partial charge in [0.05, 0.1) is 24.9 Å². The third kappa shape index (κ3) is 5.11. The average Bonchev–Trinajstić information content (AvgIpc) is 2.97. The minimum absolute atomic E-state index is 0.717. The topological polar surface area (TPSA) is 58.5 Å². The van der Waals surface area contributed by atoms with Crippen molar-refractivity contribution < 1.29 is 4.74 Å². The minimum atomic E-state index is 0.717. The maximum absolute atomic E-state index is 6.24. The second-order valence-corrected chi connectivity index (χ2v) is 6.27. The fourth-order valence-corrected chi connectivity index (χ4v) is 3.04. The van der Waals surface area contributed by atoms with Crippen LogP contribution in [0.15, 0.2) is 28.7 Å². The quantitative estimate of drug-likeness (QED) is 0.619. The summed E-state index contributed by atoms with van der Waals surface area (Å²) in [7, 11) is 3.39. The largest absolute Gasteiger partial charge is 0.497 e. The molecule has 0 radical (unpaired) electrons. The molecular weight excluding hydrogens is 332 g/mol. The lowest BCUT2D eigenvalue weighted by Gasteiger charge is -2.12. The van der Waals surface area contributed by atoms with E-state index in [1.165, 1.54) is 4.88 Å². The van der Waals surface area contributed by atoms with Crippen LogP contribution < -0.4 is 15.4 Å². The summed E-state index contributed by atoms with van der Waals surface area (Å²) < 4.78 is 5.15. The van der Waals surface area contributed by atoms with Crippen molar-refractivity contribution in [3.63, 3.8) is 0 Å². The van der Waals surface area contributed by atoms with E-state index in [1.807, 2.05) is 30.6 Å². The number of hydrogen-bond acceptors (Lipinski definition) is 4. The number of guanidine groups is 1. The van der Waals surface area contributed by atoms with E-state index >= 15 is 0 Å². The van der Waals surface area contributed by atoms with E-state index in [9.17, 15) is 0 Å². The molecule has 0 aliphatic rings. The maximum atomic E-state index is 6.24. The first-order chi connectivity index (χ1) is 11.1. The molecule has 1 heterocycles. The normalized spacial score (nSPS) is 11.4. The van der Waals surface area contributed by atoms with Crippen LogP contribution in [0.25, 0.3) is 0 Å². The van der Waals surface area contributed by atoms with Gasteiger partial charge in [0.25, 0.3) is 0 Å². The SMILES string of the molecule is CN=C(NCCc1ccc(OC)cc1Cl)NCc1scnc1C. The third-order valence-corrected chi connectivity index (χ3v) is 4.72. The fourth-order valence-electron chi connectivity index (χ4n) is 2.05. The second kappa shape index (κ2) is 8.74. The van der Waals surface area contributed by atoms with Gasteiger partial charge >= 0.3 is 0 Å². The van der Waals surface area contributed by atoms with Crippen molar-refractivity contribution in [1.29, 1.82) is 0 Å². The van der Waals surface area contributed by atoms with Crippen LogP contribution in [0.5, 0.6) is 5.75 Å². The highest BCUT2D eigenvalue weighted by Crippen LogP contribution is 2.22. The van der Waals surface area contributed by atoms with Crippen LogP contribution in [-0.4, -0.2) is 31.6 Å². The number of aromatic nitrogens is 1. The van der Waals surface area contributed by atoms with Crippen LogP contribution in [0.4, 0.5) is 0 Å². The summed E-state index contributed by atoms with van der Waals surface area (Å²) in [6.07, 6.45) is 0.809. The van der Waals surface area contributed by atoms with Crippen LogP contribution in [0, 0.1) is 6.92 Å². The van der Waals surface area contributed by atoms with E-state index < -0.39 is 0 Å². The Morgan fingerprint density at radius 3 is 2.83 bits per heavy atom. The molecule has 0 aliphatic carbocycles. The Morgan fingerprint density at radius 1 is 1.39 bits per heavy atom. The van der Waals surface area contributed by atoms with Gasteiger partial charge in [-0.15, -0.1) is 11.3 Å². The lowest BCUT2D eigenvalue weighted by atomic mass is 10.1. The van der Waals surface area contributed by atoms with Crippen molar-refractivity contribution in [1.82, 2.24) is 15.6 Å². The van der Waals surface area contributed by atoms with Crippen LogP contribution in [0.3, 0.4) is 0 Å². The number of ether oxygens (including phenoxy) is 1. The average molecular weight is 353 g/mol. The molecule has 0 bridgehead atoms. The highest BCUT2D eigenvalue weighted by Gasteiger charge is 2.05. The lowest BCUT2D eigenvalue weighted by molar-refractivity contribution is 0.414. The molecule has 0 atom stereocenters. The molecule has 2 N–H and O–H groups in total. The first kappa shape index (κ1) is 17.6. The summed E-state index contributed by atoms with van der Waals surface area (Å²) in [6, 6.07) is 5.73. The number of rotatable bonds is 6. The van der Waals surface area contributed by atoms with E-state index in [2.05, 4.69) is 20.6 Å². The Bertz CT molecular complexity index is 672. The number of nitrogens with zero attached hydrogens (tertiary/aromatic N) is 2. The predicted octanol–water partition coefficient (Wildman–Crippen LogP) is 3.02. The zero-order chi connectivity index (χ0) is 16.7. The Morgan fingerprint density at radius 2 is 2.22 bits per heavy atom. The molecular formula is C16H21ClN4OS. The monoisotopic (exact) mass is 352 g/mol. The van der Waals surface area contributed by atoms with Gasteiger partial charge in [-0.25, -0.2) is 4.98 Å². The van der Waals surface area contributed by atoms with Gasteiger partial charge in [0, 0.05) is 23.5 Å². The molecule has 0 unspecified atom stereocenters. The van der Waals surface area contributed by atoms with Crippen molar-refractivity contribution in [3.05, 3.63) is 44.9 Å². The molecule has 0 spiro atoms. The molecule has 2 rings (SSSR count). The Hall–Kier alpha value is -1.79. The summed E-state index contributed by atoms with van der Waals surface area (Å²) >= 11 is 7.89. The van der Waals surface area contributed by atoms with E-state index in [-0.39, 0.29) is 0 Å². The number of halogens is 1. The molecule has 2 aromatic rings. The first-order valence-corrected chi connectivity index (χ1v) is 8.55. The molecule has 5 nitrogen and oxygen atoms in total. The zero-order valence-electron chi connectivity index (χ0n) is 13.5. The molecule has 0 saturated heterocycles. The van der Waals surface area contributed by atoms with Crippen molar-refractivity contribution in [3.8, 4) is 5.75 Å². The van der Waals surface area contributed by atoms with Gasteiger partial charge < -0.3 is 15.4 Å². The van der Waals surface area contributed by atoms with Gasteiger partial charge in [-0.1, -0.05) is 17.7 Å². The molecule has 0 amide bonds. The number of thiazole rings is 1. The molecule has 23 heavy (non-hydrogen) atoms. The molecule has 1 aromatic carbocycles. The summed E-state index contributed by atoms with van der Waals surface area (Å²) in [5, 5.41) is 7.29.